The zero-order valence-corrected chi connectivity index (χ0v) is 18.5. The topological polar surface area (TPSA) is 60.9 Å². The minimum Gasteiger partial charge on any atom is -0.385 e. The third kappa shape index (κ3) is 5.00. The average Bonchev–Trinajstić information content (AvgIpc) is 2.90. The first kappa shape index (κ1) is 22.0. The van der Waals surface area contributed by atoms with Crippen LogP contribution in [0.4, 0.5) is 0 Å². The summed E-state index contributed by atoms with van der Waals surface area (Å²) in [6, 6.07) is 15.0. The van der Waals surface area contributed by atoms with E-state index in [1.54, 1.807) is 0 Å². The van der Waals surface area contributed by atoms with Crippen molar-refractivity contribution in [3.05, 3.63) is 70.2 Å². The van der Waals surface area contributed by atoms with Crippen molar-refractivity contribution in [2.45, 2.75) is 44.1 Å². The van der Waals surface area contributed by atoms with E-state index in [2.05, 4.69) is 4.90 Å². The van der Waals surface area contributed by atoms with Crippen molar-refractivity contribution in [1.82, 2.24) is 9.80 Å². The lowest BCUT2D eigenvalue weighted by Gasteiger charge is -2.38. The zero-order valence-electron chi connectivity index (χ0n) is 17.7. The number of halogens is 1. The van der Waals surface area contributed by atoms with Gasteiger partial charge >= 0.3 is 0 Å². The molecule has 4 rings (SSSR count). The quantitative estimate of drug-likeness (QED) is 0.544. The fraction of sp³-hybridized carbons (Fsp3) is 0.440. The highest BCUT2D eigenvalue weighted by Gasteiger charge is 2.34. The van der Waals surface area contributed by atoms with Gasteiger partial charge in [0, 0.05) is 36.6 Å². The predicted octanol–water partition coefficient (Wildman–Crippen LogP) is 4.02. The van der Waals surface area contributed by atoms with E-state index in [0.29, 0.717) is 42.8 Å². The highest BCUT2D eigenvalue weighted by atomic mass is 35.5. The van der Waals surface area contributed by atoms with Gasteiger partial charge in [-0.2, -0.15) is 0 Å². The molecule has 31 heavy (non-hydrogen) atoms. The summed E-state index contributed by atoms with van der Waals surface area (Å²) in [6.45, 7) is 3.03. The van der Waals surface area contributed by atoms with Crippen molar-refractivity contribution in [2.75, 3.05) is 26.2 Å². The van der Waals surface area contributed by atoms with Gasteiger partial charge in [-0.3, -0.25) is 14.5 Å². The molecule has 1 N–H and O–H groups in total. The van der Waals surface area contributed by atoms with Crippen molar-refractivity contribution < 1.29 is 14.7 Å². The maximum Gasteiger partial charge on any atom is 0.260 e. The number of benzene rings is 2. The molecular weight excluding hydrogens is 412 g/mol. The molecule has 0 saturated carbocycles. The molecular formula is C25H29ClN2O3. The molecule has 0 unspecified atom stereocenters. The number of imide groups is 1. The number of fused-ring (bicyclic) bond motifs is 1. The van der Waals surface area contributed by atoms with Gasteiger partial charge in [0.25, 0.3) is 5.91 Å². The Kier molecular flexibility index (Phi) is 6.75. The van der Waals surface area contributed by atoms with Crippen LogP contribution in [0.15, 0.2) is 48.5 Å². The molecule has 6 heteroatoms. The van der Waals surface area contributed by atoms with Crippen LogP contribution in [0.1, 0.15) is 53.6 Å². The molecule has 2 aromatic carbocycles. The lowest BCUT2D eigenvalue weighted by atomic mass is 9.84. The van der Waals surface area contributed by atoms with Crippen molar-refractivity contribution in [3.63, 3.8) is 0 Å². The molecule has 2 aliphatic heterocycles. The second kappa shape index (κ2) is 9.51. The van der Waals surface area contributed by atoms with Crippen molar-refractivity contribution in [3.8, 4) is 0 Å². The van der Waals surface area contributed by atoms with Crippen LogP contribution in [0.2, 0.25) is 5.02 Å². The van der Waals surface area contributed by atoms with E-state index in [1.165, 1.54) is 4.90 Å². The number of hydrogen-bond donors (Lipinski definition) is 1. The lowest BCUT2D eigenvalue weighted by molar-refractivity contribution is -0.128. The average molecular weight is 441 g/mol. The molecule has 0 aliphatic carbocycles. The van der Waals surface area contributed by atoms with Crippen LogP contribution in [0.5, 0.6) is 0 Å². The van der Waals surface area contributed by atoms with Crippen molar-refractivity contribution in [1.29, 1.82) is 0 Å². The van der Waals surface area contributed by atoms with E-state index in [0.717, 1.165) is 43.6 Å². The summed E-state index contributed by atoms with van der Waals surface area (Å²) in [7, 11) is 0. The Labute approximate surface area is 188 Å². The molecule has 0 bridgehead atoms. The number of carbonyl (C=O) groups excluding carboxylic acids is 2. The number of piperidine rings is 1. The maximum absolute atomic E-state index is 12.8. The number of aliphatic hydroxyl groups is 1. The predicted molar refractivity (Wildman–Crippen MR) is 121 cm³/mol. The Bertz CT molecular complexity index is 936. The van der Waals surface area contributed by atoms with Crippen LogP contribution in [0.3, 0.4) is 0 Å². The second-order valence-corrected chi connectivity index (χ2v) is 9.03. The van der Waals surface area contributed by atoms with Gasteiger partial charge in [0.15, 0.2) is 0 Å². The van der Waals surface area contributed by atoms with Crippen molar-refractivity contribution in [2.24, 2.45) is 0 Å². The number of rotatable bonds is 6. The van der Waals surface area contributed by atoms with E-state index in [1.807, 2.05) is 48.5 Å². The summed E-state index contributed by atoms with van der Waals surface area (Å²) in [5.74, 6) is -0.240. The molecule has 0 radical (unpaired) electrons. The van der Waals surface area contributed by atoms with Crippen molar-refractivity contribution >= 4 is 23.4 Å². The third-order valence-electron chi connectivity index (χ3n) is 6.57. The molecule has 0 spiro atoms. The first-order valence-corrected chi connectivity index (χ1v) is 11.5. The number of likely N-dealkylation sites (tertiary alicyclic amines) is 1. The molecule has 164 valence electrons. The number of unbranched alkanes of at least 4 members (excludes halogenated alkanes) is 1. The van der Waals surface area contributed by atoms with Crippen LogP contribution in [0.25, 0.3) is 0 Å². The lowest BCUT2D eigenvalue weighted by Crippen LogP contribution is -2.43. The van der Waals surface area contributed by atoms with Gasteiger partial charge in [-0.15, -0.1) is 0 Å². The van der Waals surface area contributed by atoms with Crippen LogP contribution >= 0.6 is 11.6 Å². The number of carbonyl (C=O) groups is 2. The number of hydrogen-bond acceptors (Lipinski definition) is 4. The van der Waals surface area contributed by atoms with E-state index in [-0.39, 0.29) is 11.8 Å². The van der Waals surface area contributed by atoms with Gasteiger partial charge in [0.2, 0.25) is 5.91 Å². The molecule has 0 atom stereocenters. The summed E-state index contributed by atoms with van der Waals surface area (Å²) >= 11 is 5.96. The summed E-state index contributed by atoms with van der Waals surface area (Å²) < 4.78 is 0. The molecule has 1 fully saturated rings. The van der Waals surface area contributed by atoms with E-state index >= 15 is 0 Å². The van der Waals surface area contributed by atoms with Gasteiger partial charge in [-0.25, -0.2) is 0 Å². The number of nitrogens with zero attached hydrogens (tertiary/aromatic N) is 2. The normalized spacial score (nSPS) is 19.2. The van der Waals surface area contributed by atoms with Crippen LogP contribution in [0, 0.1) is 0 Å². The minimum atomic E-state index is -0.792. The SMILES string of the molecule is O=C1CCc2ccccc2C(=O)N1CCCCN1CCC(O)(c2ccc(Cl)cc2)CC1. The standard InChI is InChI=1S/C25H29ClN2O3/c26-21-10-8-20(9-11-21)25(31)13-17-27(18-14-25)15-3-4-16-28-23(29)12-7-19-5-1-2-6-22(19)24(28)30/h1-2,5-6,8-11,31H,3-4,7,12-18H2. The Morgan fingerprint density at radius 3 is 2.32 bits per heavy atom. The van der Waals surface area contributed by atoms with Gasteiger partial charge in [-0.1, -0.05) is 41.9 Å². The fourth-order valence-corrected chi connectivity index (χ4v) is 4.74. The van der Waals surface area contributed by atoms with Crippen LogP contribution < -0.4 is 0 Å². The molecule has 5 nitrogen and oxygen atoms in total. The molecule has 0 aromatic heterocycles. The van der Waals surface area contributed by atoms with Crippen LogP contribution in [-0.4, -0.2) is 52.9 Å². The van der Waals surface area contributed by atoms with Gasteiger partial charge in [0.1, 0.15) is 0 Å². The Balaban J connectivity index is 1.25. The highest BCUT2D eigenvalue weighted by Crippen LogP contribution is 2.33. The Morgan fingerprint density at radius 1 is 0.903 bits per heavy atom. The third-order valence-corrected chi connectivity index (χ3v) is 6.83. The van der Waals surface area contributed by atoms with Gasteiger partial charge in [-0.05, 0) is 68.0 Å². The number of aryl methyl sites for hydroxylation is 1. The molecule has 2 aromatic rings. The van der Waals surface area contributed by atoms with Crippen LogP contribution in [-0.2, 0) is 16.8 Å². The maximum atomic E-state index is 12.8. The van der Waals surface area contributed by atoms with Gasteiger partial charge in [0.05, 0.1) is 5.60 Å². The highest BCUT2D eigenvalue weighted by molar-refractivity contribution is 6.30. The monoisotopic (exact) mass is 440 g/mol. The second-order valence-electron chi connectivity index (χ2n) is 8.59. The molecule has 2 aliphatic rings. The summed E-state index contributed by atoms with van der Waals surface area (Å²) in [5, 5.41) is 11.7. The zero-order chi connectivity index (χ0) is 21.8. The molecule has 2 heterocycles. The smallest absolute Gasteiger partial charge is 0.260 e. The minimum absolute atomic E-state index is 0.0767. The van der Waals surface area contributed by atoms with E-state index in [4.69, 9.17) is 11.6 Å². The number of amides is 2. The van der Waals surface area contributed by atoms with Gasteiger partial charge < -0.3 is 10.0 Å². The first-order valence-electron chi connectivity index (χ1n) is 11.1. The van der Waals surface area contributed by atoms with E-state index < -0.39 is 5.60 Å². The largest absolute Gasteiger partial charge is 0.385 e. The fourth-order valence-electron chi connectivity index (χ4n) is 4.61. The molecule has 2 amide bonds. The summed E-state index contributed by atoms with van der Waals surface area (Å²) in [6.07, 6.45) is 4.10. The van der Waals surface area contributed by atoms with E-state index in [9.17, 15) is 14.7 Å². The Morgan fingerprint density at radius 2 is 1.58 bits per heavy atom. The summed E-state index contributed by atoms with van der Waals surface area (Å²) in [5.41, 5.74) is 1.75. The first-order chi connectivity index (χ1) is 15.0. The Hall–Kier alpha value is -2.21. The summed E-state index contributed by atoms with van der Waals surface area (Å²) in [4.78, 5) is 29.1. The molecule has 1 saturated heterocycles.